The van der Waals surface area contributed by atoms with E-state index in [2.05, 4.69) is 4.98 Å². The molecule has 1 aliphatic rings. The standard InChI is InChI=1S/C30H32N2O7.C4H11N/c1-5-6-7-8-27(33)32-15-13-20-9-11-22(18-23(20)28(32)30(34)35)38-16-14-24-19(2)39-29(31-24)21-10-12-25(36-3)26(17-21)37-4;1-4(2,3)5/h5-12,17-18,28H,13-16H2,1-4H3,(H,34,35);5H2,1-3H3. The Balaban J connectivity index is 0.000000978. The number of oxazole rings is 1. The average Bonchev–Trinajstić information content (AvgIpc) is 3.35. The van der Waals surface area contributed by atoms with Gasteiger partial charge >= 0.3 is 5.97 Å². The number of rotatable bonds is 10. The molecule has 0 radical (unpaired) electrons. The van der Waals surface area contributed by atoms with E-state index in [1.807, 2.05) is 52.8 Å². The van der Waals surface area contributed by atoms with E-state index in [1.165, 1.54) is 11.0 Å². The molecule has 3 aromatic rings. The number of aryl methyl sites for hydroxylation is 1. The van der Waals surface area contributed by atoms with Crippen molar-refractivity contribution in [2.75, 3.05) is 27.4 Å². The molecular weight excluding hydrogens is 562 g/mol. The van der Waals surface area contributed by atoms with Crippen LogP contribution < -0.4 is 19.9 Å². The maximum Gasteiger partial charge on any atom is 0.331 e. The molecule has 10 heteroatoms. The Morgan fingerprint density at radius 2 is 1.82 bits per heavy atom. The first kappa shape index (κ1) is 33.9. The van der Waals surface area contributed by atoms with Gasteiger partial charge in [0.15, 0.2) is 17.5 Å². The molecular formula is C34H43N3O7. The van der Waals surface area contributed by atoms with Crippen LogP contribution in [-0.4, -0.2) is 59.8 Å². The lowest BCUT2D eigenvalue weighted by atomic mass is 9.92. The van der Waals surface area contributed by atoms with Gasteiger partial charge in [-0.25, -0.2) is 9.78 Å². The van der Waals surface area contributed by atoms with E-state index in [0.717, 1.165) is 16.8 Å². The minimum absolute atomic E-state index is 0. The van der Waals surface area contributed by atoms with Gasteiger partial charge in [-0.2, -0.15) is 0 Å². The van der Waals surface area contributed by atoms with Crippen molar-refractivity contribution in [2.24, 2.45) is 5.73 Å². The van der Waals surface area contributed by atoms with Crippen LogP contribution in [0.1, 0.15) is 56.3 Å². The third kappa shape index (κ3) is 9.21. The molecule has 2 aromatic carbocycles. The number of nitrogens with two attached hydrogens (primary N) is 1. The molecule has 1 amide bonds. The molecule has 0 fully saturated rings. The minimum atomic E-state index is -1.08. The van der Waals surface area contributed by atoms with Crippen molar-refractivity contribution in [2.45, 2.75) is 59.0 Å². The molecule has 0 saturated carbocycles. The molecule has 0 bridgehead atoms. The number of benzene rings is 2. The van der Waals surface area contributed by atoms with Crippen LogP contribution in [0.2, 0.25) is 0 Å². The maximum atomic E-state index is 12.7. The highest BCUT2D eigenvalue weighted by Crippen LogP contribution is 2.34. The largest absolute Gasteiger partial charge is 0.493 e. The fraction of sp³-hybridized carbons (Fsp3) is 0.382. The molecule has 0 aliphatic carbocycles. The van der Waals surface area contributed by atoms with Crippen LogP contribution in [0.15, 0.2) is 65.1 Å². The summed E-state index contributed by atoms with van der Waals surface area (Å²) in [6, 6.07) is 9.78. The highest BCUT2D eigenvalue weighted by Gasteiger charge is 2.35. The Hall–Kier alpha value is -4.57. The quantitative estimate of drug-likeness (QED) is 0.221. The van der Waals surface area contributed by atoms with Crippen LogP contribution in [0.25, 0.3) is 11.5 Å². The van der Waals surface area contributed by atoms with Gasteiger partial charge in [-0.3, -0.25) is 4.79 Å². The monoisotopic (exact) mass is 605 g/mol. The van der Waals surface area contributed by atoms with Crippen LogP contribution in [0.3, 0.4) is 0 Å². The summed E-state index contributed by atoms with van der Waals surface area (Å²) in [6.45, 7) is 10.2. The van der Waals surface area contributed by atoms with Gasteiger partial charge < -0.3 is 34.4 Å². The van der Waals surface area contributed by atoms with Crippen LogP contribution in [0, 0.1) is 6.92 Å². The summed E-state index contributed by atoms with van der Waals surface area (Å²) in [5, 5.41) is 9.97. The molecule has 3 N–H and O–H groups in total. The van der Waals surface area contributed by atoms with Gasteiger partial charge in [0.1, 0.15) is 11.5 Å². The van der Waals surface area contributed by atoms with Gasteiger partial charge in [-0.05, 0) is 82.5 Å². The second-order valence-electron chi connectivity index (χ2n) is 11.3. The molecule has 1 unspecified atom stereocenters. The lowest BCUT2D eigenvalue weighted by Gasteiger charge is -2.34. The summed E-state index contributed by atoms with van der Waals surface area (Å²) in [6.07, 6.45) is 7.58. The van der Waals surface area contributed by atoms with Crippen molar-refractivity contribution >= 4 is 11.9 Å². The Bertz CT molecular complexity index is 1490. The van der Waals surface area contributed by atoms with E-state index in [-0.39, 0.29) is 11.4 Å². The zero-order chi connectivity index (χ0) is 32.4. The van der Waals surface area contributed by atoms with Gasteiger partial charge in [-0.15, -0.1) is 0 Å². The molecule has 10 nitrogen and oxygen atoms in total. The molecule has 1 aliphatic heterocycles. The number of amides is 1. The molecule has 4 rings (SSSR count). The SMILES string of the molecule is CC(C)(C)N.CC=CC=CC(=O)N1CCc2ccc(OCCc3nc(-c4ccc(OC)c(OC)c4)oc3C)cc2C1C(=O)O. The van der Waals surface area contributed by atoms with E-state index in [1.54, 1.807) is 50.6 Å². The van der Waals surface area contributed by atoms with Gasteiger partial charge in [0, 0.05) is 30.1 Å². The number of ether oxygens (including phenoxy) is 3. The Morgan fingerprint density at radius 3 is 2.45 bits per heavy atom. The number of aromatic nitrogens is 1. The number of hydrogen-bond acceptors (Lipinski definition) is 8. The number of carbonyl (C=O) groups is 2. The maximum absolute atomic E-state index is 12.7. The van der Waals surface area contributed by atoms with Crippen molar-refractivity contribution in [3.05, 3.63) is 83.3 Å². The summed E-state index contributed by atoms with van der Waals surface area (Å²) in [4.78, 5) is 30.9. The third-order valence-corrected chi connectivity index (χ3v) is 6.54. The van der Waals surface area contributed by atoms with Crippen molar-refractivity contribution in [3.8, 4) is 28.7 Å². The summed E-state index contributed by atoms with van der Waals surface area (Å²) in [7, 11) is 3.15. The Kier molecular flexibility index (Phi) is 11.8. The minimum Gasteiger partial charge on any atom is -0.493 e. The molecule has 0 spiro atoms. The lowest BCUT2D eigenvalue weighted by molar-refractivity contribution is -0.149. The van der Waals surface area contributed by atoms with Gasteiger partial charge in [-0.1, -0.05) is 24.3 Å². The molecule has 236 valence electrons. The second-order valence-corrected chi connectivity index (χ2v) is 11.3. The molecule has 44 heavy (non-hydrogen) atoms. The fourth-order valence-corrected chi connectivity index (χ4v) is 4.55. The number of allylic oxidation sites excluding steroid dienone is 3. The van der Waals surface area contributed by atoms with E-state index in [0.29, 0.717) is 60.5 Å². The van der Waals surface area contributed by atoms with E-state index >= 15 is 0 Å². The summed E-state index contributed by atoms with van der Waals surface area (Å²) in [5.41, 5.74) is 8.32. The number of carboxylic acids is 1. The normalized spacial score (nSPS) is 14.6. The van der Waals surface area contributed by atoms with Crippen LogP contribution >= 0.6 is 0 Å². The predicted molar refractivity (Wildman–Crippen MR) is 169 cm³/mol. The zero-order valence-corrected chi connectivity index (χ0v) is 26.5. The van der Waals surface area contributed by atoms with Crippen molar-refractivity contribution < 1.29 is 33.3 Å². The Labute approximate surface area is 259 Å². The first-order valence-electron chi connectivity index (χ1n) is 14.4. The first-order chi connectivity index (χ1) is 20.9. The molecule has 2 heterocycles. The first-order valence-corrected chi connectivity index (χ1v) is 14.4. The van der Waals surface area contributed by atoms with Crippen LogP contribution in [-0.2, 0) is 22.4 Å². The van der Waals surface area contributed by atoms with Gasteiger partial charge in [0.05, 0.1) is 26.5 Å². The van der Waals surface area contributed by atoms with Crippen LogP contribution in [0.4, 0.5) is 0 Å². The summed E-state index contributed by atoms with van der Waals surface area (Å²) in [5.74, 6) is 1.45. The van der Waals surface area contributed by atoms with Crippen molar-refractivity contribution in [3.63, 3.8) is 0 Å². The Morgan fingerprint density at radius 1 is 1.11 bits per heavy atom. The molecule has 1 aromatic heterocycles. The number of carbonyl (C=O) groups excluding carboxylic acids is 1. The average molecular weight is 606 g/mol. The number of hydrogen-bond donors (Lipinski definition) is 2. The highest BCUT2D eigenvalue weighted by atomic mass is 16.5. The van der Waals surface area contributed by atoms with Gasteiger partial charge in [0.2, 0.25) is 11.8 Å². The molecule has 0 saturated heterocycles. The number of nitrogens with zero attached hydrogens (tertiary/aromatic N) is 2. The van der Waals surface area contributed by atoms with Crippen LogP contribution in [0.5, 0.6) is 17.2 Å². The van der Waals surface area contributed by atoms with E-state index < -0.39 is 12.0 Å². The third-order valence-electron chi connectivity index (χ3n) is 6.54. The summed E-state index contributed by atoms with van der Waals surface area (Å²) >= 11 is 0. The molecule has 1 atom stereocenters. The van der Waals surface area contributed by atoms with Crippen molar-refractivity contribution in [1.29, 1.82) is 0 Å². The zero-order valence-electron chi connectivity index (χ0n) is 26.5. The van der Waals surface area contributed by atoms with Gasteiger partial charge in [0.25, 0.3) is 0 Å². The lowest BCUT2D eigenvalue weighted by Crippen LogP contribution is -2.42. The number of methoxy groups -OCH3 is 2. The second kappa shape index (κ2) is 15.2. The summed E-state index contributed by atoms with van der Waals surface area (Å²) < 4.78 is 22.5. The van der Waals surface area contributed by atoms with E-state index in [9.17, 15) is 14.7 Å². The van der Waals surface area contributed by atoms with Crippen molar-refractivity contribution in [1.82, 2.24) is 9.88 Å². The smallest absolute Gasteiger partial charge is 0.331 e. The fourth-order valence-electron chi connectivity index (χ4n) is 4.55. The topological polar surface area (TPSA) is 137 Å². The number of aliphatic carboxylic acids is 1. The predicted octanol–water partition coefficient (Wildman–Crippen LogP) is 5.68. The number of carboxylic acid groups (broad SMARTS) is 1. The van der Waals surface area contributed by atoms with E-state index in [4.69, 9.17) is 24.4 Å². The number of fused-ring (bicyclic) bond motifs is 1. The highest BCUT2D eigenvalue weighted by molar-refractivity contribution is 5.92.